The number of anilines is 2. The fourth-order valence-electron chi connectivity index (χ4n) is 5.57. The molecule has 1 aromatic heterocycles. The Morgan fingerprint density at radius 1 is 0.917 bits per heavy atom. The minimum atomic E-state index is -4.81. The predicted molar refractivity (Wildman–Crippen MR) is 175 cm³/mol. The first-order valence-electron chi connectivity index (χ1n) is 15.7. The van der Waals surface area contributed by atoms with Crippen LogP contribution in [-0.4, -0.2) is 31.0 Å². The van der Waals surface area contributed by atoms with Gasteiger partial charge in [0.2, 0.25) is 11.7 Å². The zero-order valence-corrected chi connectivity index (χ0v) is 27.6. The van der Waals surface area contributed by atoms with E-state index in [1.54, 1.807) is 48.5 Å². The van der Waals surface area contributed by atoms with Crippen molar-refractivity contribution in [1.29, 1.82) is 0 Å². The molecule has 14 heteroatoms. The van der Waals surface area contributed by atoms with Gasteiger partial charge in [-0.05, 0) is 84.0 Å². The first-order chi connectivity index (χ1) is 22.6. The van der Waals surface area contributed by atoms with Crippen LogP contribution in [0, 0.1) is 5.92 Å². The molecule has 3 N–H and O–H groups in total. The lowest BCUT2D eigenvalue weighted by molar-refractivity contribution is -0.274. The lowest BCUT2D eigenvalue weighted by Gasteiger charge is -2.25. The highest BCUT2D eigenvalue weighted by Crippen LogP contribution is 2.33. The normalized spacial score (nSPS) is 15.0. The third-order valence-corrected chi connectivity index (χ3v) is 9.51. The maximum atomic E-state index is 13.1. The SMILES string of the molecule is CC(C)(C)c1ccc(S(=O)(=O)Nc2ccc(NC(=O)N[C@@H](CC3CCCCC3)c3nc(-c4ccc(OC(F)(F)F)cc4)no3)cc2)cc1. The number of ether oxygens (including phenoxy) is 1. The Labute approximate surface area is 277 Å². The minimum Gasteiger partial charge on any atom is -0.406 e. The van der Waals surface area contributed by atoms with Crippen LogP contribution in [-0.2, 0) is 15.4 Å². The molecule has 0 spiro atoms. The summed E-state index contributed by atoms with van der Waals surface area (Å²) in [7, 11) is -3.82. The standard InChI is InChI=1S/C34H38F3N5O5S/c1-33(2,3)24-11-19-28(20-12-24)48(44,45)42-26-15-13-25(14-16-26)38-32(43)39-29(21-22-7-5-4-6-8-22)31-40-30(41-47-31)23-9-17-27(18-10-23)46-34(35,36)37/h9-20,22,29,42H,4-8,21H2,1-3H3,(H2,38,39,43)/t29-/m0/s1. The van der Waals surface area contributed by atoms with Crippen molar-refractivity contribution in [2.75, 3.05) is 10.0 Å². The van der Waals surface area contributed by atoms with Crippen LogP contribution in [0.15, 0.2) is 82.2 Å². The van der Waals surface area contributed by atoms with Crippen molar-refractivity contribution in [3.63, 3.8) is 0 Å². The molecule has 5 rings (SSSR count). The molecular weight excluding hydrogens is 647 g/mol. The van der Waals surface area contributed by atoms with Crippen molar-refractivity contribution in [2.24, 2.45) is 5.92 Å². The molecule has 0 aliphatic heterocycles. The van der Waals surface area contributed by atoms with E-state index in [0.29, 0.717) is 29.3 Å². The number of halogens is 3. The fourth-order valence-corrected chi connectivity index (χ4v) is 6.63. The lowest BCUT2D eigenvalue weighted by Crippen LogP contribution is -2.34. The third kappa shape index (κ3) is 9.49. The second kappa shape index (κ2) is 14.3. The molecule has 1 fully saturated rings. The fraction of sp³-hybridized carbons (Fsp3) is 0.382. The molecule has 0 saturated heterocycles. The Kier molecular flexibility index (Phi) is 10.3. The van der Waals surface area contributed by atoms with E-state index in [9.17, 15) is 26.4 Å². The van der Waals surface area contributed by atoms with E-state index in [4.69, 9.17) is 4.52 Å². The summed E-state index contributed by atoms with van der Waals surface area (Å²) in [5.41, 5.74) is 2.08. The van der Waals surface area contributed by atoms with Crippen LogP contribution in [0.1, 0.15) is 76.8 Å². The minimum absolute atomic E-state index is 0.108. The largest absolute Gasteiger partial charge is 0.573 e. The number of nitrogens with zero attached hydrogens (tertiary/aromatic N) is 2. The van der Waals surface area contributed by atoms with Gasteiger partial charge in [-0.3, -0.25) is 4.72 Å². The molecule has 1 heterocycles. The molecule has 1 aliphatic carbocycles. The first kappa shape index (κ1) is 34.7. The van der Waals surface area contributed by atoms with Crippen molar-refractivity contribution < 1.29 is 35.6 Å². The number of hydrogen-bond acceptors (Lipinski definition) is 7. The van der Waals surface area contributed by atoms with Crippen molar-refractivity contribution in [1.82, 2.24) is 15.5 Å². The van der Waals surface area contributed by atoms with Crippen LogP contribution in [0.25, 0.3) is 11.4 Å². The summed E-state index contributed by atoms with van der Waals surface area (Å²) >= 11 is 0. The first-order valence-corrected chi connectivity index (χ1v) is 17.1. The van der Waals surface area contributed by atoms with Crippen LogP contribution < -0.4 is 20.1 Å². The van der Waals surface area contributed by atoms with E-state index in [2.05, 4.69) is 51.0 Å². The number of rotatable bonds is 10. The zero-order chi connectivity index (χ0) is 34.5. The quantitative estimate of drug-likeness (QED) is 0.152. The van der Waals surface area contributed by atoms with E-state index in [1.807, 2.05) is 0 Å². The lowest BCUT2D eigenvalue weighted by atomic mass is 9.85. The molecule has 2 amide bonds. The third-order valence-electron chi connectivity index (χ3n) is 8.11. The zero-order valence-electron chi connectivity index (χ0n) is 26.8. The molecule has 1 saturated carbocycles. The molecule has 4 aromatic rings. The second-order valence-corrected chi connectivity index (χ2v) is 14.6. The highest BCUT2D eigenvalue weighted by molar-refractivity contribution is 7.92. The summed E-state index contributed by atoms with van der Waals surface area (Å²) in [5.74, 6) is 0.277. The number of carbonyl (C=O) groups excluding carboxylic acids is 1. The Hall–Kier alpha value is -4.59. The summed E-state index contributed by atoms with van der Waals surface area (Å²) in [6, 6.07) is 16.9. The number of hydrogen-bond donors (Lipinski definition) is 3. The highest BCUT2D eigenvalue weighted by atomic mass is 32.2. The number of carbonyl (C=O) groups is 1. The van der Waals surface area contributed by atoms with E-state index in [1.165, 1.54) is 12.1 Å². The summed E-state index contributed by atoms with van der Waals surface area (Å²) < 4.78 is 75.5. The van der Waals surface area contributed by atoms with Gasteiger partial charge in [-0.15, -0.1) is 13.2 Å². The van der Waals surface area contributed by atoms with Crippen molar-refractivity contribution in [3.05, 3.63) is 84.3 Å². The van der Waals surface area contributed by atoms with Gasteiger partial charge in [0.1, 0.15) is 11.8 Å². The van der Waals surface area contributed by atoms with Crippen LogP contribution >= 0.6 is 0 Å². The molecular formula is C34H38F3N5O5S. The average molecular weight is 686 g/mol. The second-order valence-electron chi connectivity index (χ2n) is 12.9. The smallest absolute Gasteiger partial charge is 0.406 e. The van der Waals surface area contributed by atoms with Gasteiger partial charge >= 0.3 is 12.4 Å². The van der Waals surface area contributed by atoms with E-state index in [0.717, 1.165) is 49.8 Å². The van der Waals surface area contributed by atoms with Gasteiger partial charge < -0.3 is 19.9 Å². The summed E-state index contributed by atoms with van der Waals surface area (Å²) in [5, 5.41) is 9.67. The van der Waals surface area contributed by atoms with Gasteiger partial charge in [0, 0.05) is 16.9 Å². The van der Waals surface area contributed by atoms with E-state index < -0.39 is 28.5 Å². The average Bonchev–Trinajstić information content (AvgIpc) is 3.52. The molecule has 3 aromatic carbocycles. The van der Waals surface area contributed by atoms with Gasteiger partial charge in [0.25, 0.3) is 10.0 Å². The highest BCUT2D eigenvalue weighted by Gasteiger charge is 2.31. The number of amides is 2. The topological polar surface area (TPSA) is 135 Å². The number of benzene rings is 3. The van der Waals surface area contributed by atoms with Gasteiger partial charge in [-0.25, -0.2) is 13.2 Å². The molecule has 1 atom stereocenters. The Bertz CT molecular complexity index is 1780. The van der Waals surface area contributed by atoms with Crippen LogP contribution in [0.2, 0.25) is 0 Å². The molecule has 0 bridgehead atoms. The number of nitrogens with one attached hydrogen (secondary N) is 3. The molecule has 0 unspecified atom stereocenters. The predicted octanol–water partition coefficient (Wildman–Crippen LogP) is 8.57. The maximum absolute atomic E-state index is 13.1. The van der Waals surface area contributed by atoms with Gasteiger partial charge in [-0.1, -0.05) is 70.2 Å². The van der Waals surface area contributed by atoms with Gasteiger partial charge in [0.05, 0.1) is 4.90 Å². The maximum Gasteiger partial charge on any atom is 0.573 e. The van der Waals surface area contributed by atoms with Gasteiger partial charge in [0.15, 0.2) is 0 Å². The summed E-state index contributed by atoms with van der Waals surface area (Å²) in [6.45, 7) is 6.15. The molecule has 1 aliphatic rings. The molecule has 10 nitrogen and oxygen atoms in total. The van der Waals surface area contributed by atoms with Crippen LogP contribution in [0.4, 0.5) is 29.3 Å². The monoisotopic (exact) mass is 685 g/mol. The molecule has 256 valence electrons. The number of aromatic nitrogens is 2. The van der Waals surface area contributed by atoms with E-state index >= 15 is 0 Å². The van der Waals surface area contributed by atoms with Crippen molar-refractivity contribution in [2.45, 2.75) is 82.0 Å². The Morgan fingerprint density at radius 3 is 2.15 bits per heavy atom. The Morgan fingerprint density at radius 2 is 1.54 bits per heavy atom. The number of sulfonamides is 1. The number of alkyl halides is 3. The van der Waals surface area contributed by atoms with Crippen LogP contribution in [0.5, 0.6) is 5.75 Å². The van der Waals surface area contributed by atoms with Crippen molar-refractivity contribution in [3.8, 4) is 17.1 Å². The van der Waals surface area contributed by atoms with E-state index in [-0.39, 0.29) is 27.8 Å². The molecule has 48 heavy (non-hydrogen) atoms. The summed E-state index contributed by atoms with van der Waals surface area (Å²) in [6.07, 6.45) is 1.08. The van der Waals surface area contributed by atoms with Crippen LogP contribution in [0.3, 0.4) is 0 Å². The number of urea groups is 1. The van der Waals surface area contributed by atoms with Gasteiger partial charge in [-0.2, -0.15) is 4.98 Å². The van der Waals surface area contributed by atoms with Crippen molar-refractivity contribution >= 4 is 27.4 Å². The molecule has 0 radical (unpaired) electrons. The Balaban J connectivity index is 1.24. The summed E-state index contributed by atoms with van der Waals surface area (Å²) in [4.78, 5) is 17.7.